The third kappa shape index (κ3) is 2.17. The molecule has 3 heteroatoms. The van der Waals surface area contributed by atoms with Crippen LogP contribution in [0.25, 0.3) is 47.7 Å². The van der Waals surface area contributed by atoms with E-state index in [1.54, 1.807) is 0 Å². The smallest absolute Gasteiger partial charge is 0.0783 e. The summed E-state index contributed by atoms with van der Waals surface area (Å²) in [6, 6.07) is 39.6. The predicted molar refractivity (Wildman–Crippen MR) is 142 cm³/mol. The van der Waals surface area contributed by atoms with E-state index in [4.69, 9.17) is 0 Å². The van der Waals surface area contributed by atoms with Crippen LogP contribution in [0, 0.1) is 0 Å². The normalized spacial score (nSPS) is 12.8. The minimum Gasteiger partial charge on any atom is -0.306 e. The maximum atomic E-state index is 2.51. The van der Waals surface area contributed by atoms with Gasteiger partial charge in [0, 0.05) is 36.6 Å². The Morgan fingerprint density at radius 3 is 2.06 bits per heavy atom. The van der Waals surface area contributed by atoms with Crippen LogP contribution in [0.4, 0.5) is 17.1 Å². The number of fused-ring (bicyclic) bond motifs is 9. The van der Waals surface area contributed by atoms with E-state index in [9.17, 15) is 0 Å². The van der Waals surface area contributed by atoms with Crippen molar-refractivity contribution in [2.75, 3.05) is 4.90 Å². The second kappa shape index (κ2) is 6.25. The highest BCUT2D eigenvalue weighted by Crippen LogP contribution is 2.51. The zero-order valence-corrected chi connectivity index (χ0v) is 18.5. The van der Waals surface area contributed by atoms with Gasteiger partial charge in [-0.25, -0.2) is 0 Å². The number of rotatable bonds is 1. The van der Waals surface area contributed by atoms with Gasteiger partial charge < -0.3 is 9.47 Å². The molecule has 0 aliphatic carbocycles. The molecule has 1 aliphatic rings. The molecule has 0 N–H and O–H groups in total. The lowest BCUT2D eigenvalue weighted by Gasteiger charge is -2.33. The lowest BCUT2D eigenvalue weighted by atomic mass is 10.1. The van der Waals surface area contributed by atoms with Gasteiger partial charge >= 0.3 is 0 Å². The highest BCUT2D eigenvalue weighted by Gasteiger charge is 2.29. The van der Waals surface area contributed by atoms with E-state index >= 15 is 0 Å². The van der Waals surface area contributed by atoms with Crippen LogP contribution in [0.3, 0.4) is 0 Å². The summed E-state index contributed by atoms with van der Waals surface area (Å²) >= 11 is 1.88. The summed E-state index contributed by atoms with van der Waals surface area (Å²) in [6.07, 6.45) is 0. The van der Waals surface area contributed by atoms with Crippen LogP contribution >= 0.6 is 11.3 Å². The monoisotopic (exact) mass is 438 g/mol. The van der Waals surface area contributed by atoms with E-state index in [1.807, 2.05) is 11.3 Å². The van der Waals surface area contributed by atoms with Crippen molar-refractivity contribution in [3.63, 3.8) is 0 Å². The van der Waals surface area contributed by atoms with E-state index in [-0.39, 0.29) is 0 Å². The fourth-order valence-corrected chi connectivity index (χ4v) is 6.70. The van der Waals surface area contributed by atoms with Crippen LogP contribution in [-0.2, 0) is 0 Å². The predicted octanol–water partition coefficient (Wildman–Crippen LogP) is 8.93. The van der Waals surface area contributed by atoms with Crippen molar-refractivity contribution >= 4 is 70.4 Å². The highest BCUT2D eigenvalue weighted by atomic mass is 32.1. The minimum absolute atomic E-state index is 1.18. The number of hydrogen-bond acceptors (Lipinski definition) is 2. The lowest BCUT2D eigenvalue weighted by Crippen LogP contribution is -2.17. The van der Waals surface area contributed by atoms with Gasteiger partial charge in [0.2, 0.25) is 0 Å². The molecule has 1 aliphatic heterocycles. The third-order valence-corrected chi connectivity index (χ3v) is 8.02. The molecule has 3 heterocycles. The Bertz CT molecular complexity index is 1870. The molecule has 0 saturated carbocycles. The average molecular weight is 439 g/mol. The molecule has 7 aromatic rings. The summed E-state index contributed by atoms with van der Waals surface area (Å²) < 4.78 is 5.19. The molecule has 0 amide bonds. The van der Waals surface area contributed by atoms with Crippen molar-refractivity contribution < 1.29 is 0 Å². The molecule has 8 rings (SSSR count). The van der Waals surface area contributed by atoms with E-state index in [0.29, 0.717) is 0 Å². The van der Waals surface area contributed by atoms with Crippen LogP contribution in [0.1, 0.15) is 0 Å². The first-order valence-corrected chi connectivity index (χ1v) is 12.0. The van der Waals surface area contributed by atoms with Crippen molar-refractivity contribution in [1.82, 2.24) is 4.57 Å². The van der Waals surface area contributed by atoms with Gasteiger partial charge in [-0.15, -0.1) is 11.3 Å². The number of thiophene rings is 1. The largest absolute Gasteiger partial charge is 0.306 e. The fourth-order valence-electron chi connectivity index (χ4n) is 5.59. The van der Waals surface area contributed by atoms with Crippen molar-refractivity contribution in [3.05, 3.63) is 109 Å². The average Bonchev–Trinajstić information content (AvgIpc) is 3.42. The van der Waals surface area contributed by atoms with Crippen molar-refractivity contribution in [3.8, 4) is 5.69 Å². The van der Waals surface area contributed by atoms with Gasteiger partial charge in [-0.2, -0.15) is 0 Å². The molecule has 0 unspecified atom stereocenters. The zero-order chi connectivity index (χ0) is 21.5. The van der Waals surface area contributed by atoms with Gasteiger partial charge in [0.15, 0.2) is 0 Å². The number of para-hydroxylation sites is 4. The Morgan fingerprint density at radius 2 is 1.15 bits per heavy atom. The third-order valence-electron chi connectivity index (χ3n) is 6.89. The maximum absolute atomic E-state index is 2.51. The van der Waals surface area contributed by atoms with Crippen LogP contribution in [0.15, 0.2) is 109 Å². The van der Waals surface area contributed by atoms with Gasteiger partial charge in [0.05, 0.1) is 28.1 Å². The Morgan fingerprint density at radius 1 is 0.455 bits per heavy atom. The number of benzene rings is 5. The molecule has 2 nitrogen and oxygen atoms in total. The van der Waals surface area contributed by atoms with Crippen LogP contribution in [-0.4, -0.2) is 4.57 Å². The van der Waals surface area contributed by atoms with Gasteiger partial charge in [-0.3, -0.25) is 0 Å². The molecule has 0 saturated heterocycles. The van der Waals surface area contributed by atoms with Gasteiger partial charge in [-0.1, -0.05) is 66.7 Å². The number of anilines is 3. The summed E-state index contributed by atoms with van der Waals surface area (Å²) in [7, 11) is 0. The van der Waals surface area contributed by atoms with Gasteiger partial charge in [0.1, 0.15) is 0 Å². The maximum Gasteiger partial charge on any atom is 0.0783 e. The summed E-state index contributed by atoms with van der Waals surface area (Å²) in [6.45, 7) is 0. The van der Waals surface area contributed by atoms with E-state index in [2.05, 4.69) is 119 Å². The van der Waals surface area contributed by atoms with E-state index in [0.717, 1.165) is 0 Å². The zero-order valence-electron chi connectivity index (χ0n) is 17.7. The minimum atomic E-state index is 1.18. The van der Waals surface area contributed by atoms with Gasteiger partial charge in [-0.05, 0) is 42.5 Å². The second-order valence-electron chi connectivity index (χ2n) is 8.60. The summed E-state index contributed by atoms with van der Waals surface area (Å²) in [4.78, 5) is 2.40. The number of hydrogen-bond donors (Lipinski definition) is 0. The first-order chi connectivity index (χ1) is 16.4. The number of nitrogens with zero attached hydrogens (tertiary/aromatic N) is 2. The summed E-state index contributed by atoms with van der Waals surface area (Å²) in [5.74, 6) is 0. The fraction of sp³-hybridized carbons (Fsp3) is 0. The first kappa shape index (κ1) is 17.5. The molecule has 154 valence electrons. The van der Waals surface area contributed by atoms with Gasteiger partial charge in [0.25, 0.3) is 0 Å². The first-order valence-electron chi connectivity index (χ1n) is 11.2. The van der Waals surface area contributed by atoms with Crippen molar-refractivity contribution in [1.29, 1.82) is 0 Å². The molecule has 0 fully saturated rings. The molecular weight excluding hydrogens is 420 g/mol. The van der Waals surface area contributed by atoms with Crippen LogP contribution < -0.4 is 4.90 Å². The molecule has 5 aromatic carbocycles. The standard InChI is InChI=1S/C30H18N2S/c1-2-9-19(10-3-1)31-23-13-5-6-14-24(23)32-29-20(12-8-15-25(29)31)21-17-18-27-28(30(21)32)22-11-4-7-16-26(22)33-27/h1-18H. The molecule has 2 aromatic heterocycles. The Hall–Kier alpha value is -4.08. The van der Waals surface area contributed by atoms with Crippen molar-refractivity contribution in [2.24, 2.45) is 0 Å². The molecular formula is C30H18N2S. The van der Waals surface area contributed by atoms with E-state index < -0.39 is 0 Å². The molecule has 0 bridgehead atoms. The summed E-state index contributed by atoms with van der Waals surface area (Å²) in [5, 5.41) is 5.31. The molecule has 33 heavy (non-hydrogen) atoms. The Balaban J connectivity index is 1.64. The van der Waals surface area contributed by atoms with E-state index in [1.165, 1.54) is 64.7 Å². The molecule has 0 atom stereocenters. The number of aromatic nitrogens is 1. The Kier molecular flexibility index (Phi) is 3.31. The SMILES string of the molecule is c1ccc(N2c3ccccc3-n3c4c2cccc4c2ccc4sc5ccccc5c4c23)cc1. The highest BCUT2D eigenvalue weighted by molar-refractivity contribution is 7.26. The second-order valence-corrected chi connectivity index (χ2v) is 9.69. The van der Waals surface area contributed by atoms with Crippen molar-refractivity contribution in [2.45, 2.75) is 0 Å². The topological polar surface area (TPSA) is 8.17 Å². The summed E-state index contributed by atoms with van der Waals surface area (Å²) in [5.41, 5.74) is 7.42. The lowest BCUT2D eigenvalue weighted by molar-refractivity contribution is 1.12. The Labute approximate surface area is 194 Å². The molecule has 0 spiro atoms. The van der Waals surface area contributed by atoms with Crippen LogP contribution in [0.2, 0.25) is 0 Å². The quantitative estimate of drug-likeness (QED) is 0.248. The van der Waals surface area contributed by atoms with Crippen LogP contribution in [0.5, 0.6) is 0 Å². The molecule has 0 radical (unpaired) electrons.